The van der Waals surface area contributed by atoms with Crippen molar-refractivity contribution in [2.24, 2.45) is 0 Å². The van der Waals surface area contributed by atoms with Crippen LogP contribution in [0.4, 0.5) is 10.1 Å². The van der Waals surface area contributed by atoms with Gasteiger partial charge in [-0.15, -0.1) is 0 Å². The lowest BCUT2D eigenvalue weighted by Gasteiger charge is -2.12. The molecule has 1 N–H and O–H groups in total. The fourth-order valence-corrected chi connectivity index (χ4v) is 3.45. The first-order chi connectivity index (χ1) is 14.8. The van der Waals surface area contributed by atoms with Crippen molar-refractivity contribution < 1.29 is 9.18 Å². The lowest BCUT2D eigenvalue weighted by atomic mass is 10.1. The minimum Gasteiger partial charge on any atom is -0.326 e. The average Bonchev–Trinajstić information content (AvgIpc) is 3.15. The van der Waals surface area contributed by atoms with Crippen LogP contribution in [0.2, 0.25) is 0 Å². The highest BCUT2D eigenvalue weighted by molar-refractivity contribution is 5.91. The number of anilines is 1. The van der Waals surface area contributed by atoms with E-state index in [-0.39, 0.29) is 30.2 Å². The first-order valence-electron chi connectivity index (χ1n) is 9.92. The van der Waals surface area contributed by atoms with E-state index in [1.165, 1.54) is 27.6 Å². The molecule has 0 unspecified atom stereocenters. The summed E-state index contributed by atoms with van der Waals surface area (Å²) in [4.78, 5) is 30.0. The van der Waals surface area contributed by atoms with Gasteiger partial charge in [0.25, 0.3) is 5.56 Å². The van der Waals surface area contributed by atoms with Crippen molar-refractivity contribution in [2.75, 3.05) is 5.32 Å². The molecule has 0 spiro atoms. The molecule has 0 saturated heterocycles. The molecule has 0 aliphatic heterocycles. The third kappa shape index (κ3) is 3.96. The Morgan fingerprint density at radius 1 is 1.10 bits per heavy atom. The van der Waals surface area contributed by atoms with Crippen molar-refractivity contribution in [3.63, 3.8) is 0 Å². The zero-order valence-electron chi connectivity index (χ0n) is 17.5. The highest BCUT2D eigenvalue weighted by Crippen LogP contribution is 2.18. The highest BCUT2D eigenvalue weighted by Gasteiger charge is 2.15. The molecule has 4 rings (SSSR count). The number of carbonyl (C=O) groups excluding carboxylic acids is 1. The van der Waals surface area contributed by atoms with Gasteiger partial charge in [-0.1, -0.05) is 12.1 Å². The second-order valence-electron chi connectivity index (χ2n) is 7.43. The summed E-state index contributed by atoms with van der Waals surface area (Å²) in [5.41, 5.74) is 3.61. The van der Waals surface area contributed by atoms with Gasteiger partial charge in [0.15, 0.2) is 5.65 Å². The van der Waals surface area contributed by atoms with Gasteiger partial charge >= 0.3 is 0 Å². The third-order valence-corrected chi connectivity index (χ3v) is 5.39. The van der Waals surface area contributed by atoms with E-state index in [1.807, 2.05) is 32.0 Å². The Morgan fingerprint density at radius 2 is 1.84 bits per heavy atom. The summed E-state index contributed by atoms with van der Waals surface area (Å²) in [7, 11) is 0. The number of hydrogen-bond acceptors (Lipinski definition) is 4. The summed E-state index contributed by atoms with van der Waals surface area (Å²) < 4.78 is 16.2. The summed E-state index contributed by atoms with van der Waals surface area (Å²) in [5, 5.41) is 7.49. The van der Waals surface area contributed by atoms with Crippen LogP contribution < -0.4 is 10.9 Å². The first-order valence-corrected chi connectivity index (χ1v) is 9.92. The Balaban J connectivity index is 1.57. The van der Waals surface area contributed by atoms with E-state index >= 15 is 0 Å². The fourth-order valence-electron chi connectivity index (χ4n) is 3.45. The molecule has 0 radical (unpaired) electrons. The van der Waals surface area contributed by atoms with Crippen molar-refractivity contribution in [1.82, 2.24) is 19.3 Å². The number of hydrogen-bond donors (Lipinski definition) is 1. The number of amides is 1. The summed E-state index contributed by atoms with van der Waals surface area (Å²) in [5.74, 6) is -0.0613. The van der Waals surface area contributed by atoms with E-state index in [0.717, 1.165) is 16.8 Å². The van der Waals surface area contributed by atoms with Crippen LogP contribution in [-0.2, 0) is 11.3 Å². The van der Waals surface area contributed by atoms with Crippen molar-refractivity contribution in [3.05, 3.63) is 81.8 Å². The number of aryl methyl sites for hydroxylation is 2. The molecule has 2 aromatic carbocycles. The molecule has 31 heavy (non-hydrogen) atoms. The lowest BCUT2D eigenvalue weighted by molar-refractivity contribution is -0.116. The average molecular weight is 419 g/mol. The number of benzene rings is 2. The lowest BCUT2D eigenvalue weighted by Crippen LogP contribution is -2.26. The van der Waals surface area contributed by atoms with E-state index in [0.29, 0.717) is 22.5 Å². The van der Waals surface area contributed by atoms with Crippen LogP contribution in [-0.4, -0.2) is 25.2 Å². The van der Waals surface area contributed by atoms with Crippen LogP contribution in [0.3, 0.4) is 0 Å². The number of nitrogens with one attached hydrogen (secondary N) is 1. The maximum Gasteiger partial charge on any atom is 0.264 e. The molecular formula is C23H22FN5O2. The molecule has 0 atom stereocenters. The highest BCUT2D eigenvalue weighted by atomic mass is 19.1. The van der Waals surface area contributed by atoms with Crippen LogP contribution in [0, 0.1) is 26.6 Å². The Labute approximate surface area is 178 Å². The quantitative estimate of drug-likeness (QED) is 0.535. The topological polar surface area (TPSA) is 81.8 Å². The molecule has 8 heteroatoms. The Morgan fingerprint density at radius 3 is 2.58 bits per heavy atom. The van der Waals surface area contributed by atoms with Crippen LogP contribution in [0.1, 0.15) is 23.4 Å². The molecule has 158 valence electrons. The predicted octanol–water partition coefficient (Wildman–Crippen LogP) is 3.68. The van der Waals surface area contributed by atoms with E-state index < -0.39 is 0 Å². The normalized spacial score (nSPS) is 11.1. The first kappa shape index (κ1) is 20.5. The number of fused-ring (bicyclic) bond motifs is 1. The van der Waals surface area contributed by atoms with E-state index in [1.54, 1.807) is 19.1 Å². The molecule has 2 aromatic heterocycles. The monoisotopic (exact) mass is 419 g/mol. The number of halogens is 1. The van der Waals surface area contributed by atoms with Crippen molar-refractivity contribution >= 4 is 22.6 Å². The van der Waals surface area contributed by atoms with Crippen LogP contribution in [0.25, 0.3) is 16.7 Å². The molecule has 0 saturated carbocycles. The van der Waals surface area contributed by atoms with E-state index in [9.17, 15) is 14.0 Å². The van der Waals surface area contributed by atoms with Crippen molar-refractivity contribution in [2.45, 2.75) is 33.7 Å². The molecule has 7 nitrogen and oxygen atoms in total. The third-order valence-electron chi connectivity index (χ3n) is 5.39. The summed E-state index contributed by atoms with van der Waals surface area (Å²) in [6.45, 7) is 5.86. The Hall–Kier alpha value is -3.81. The van der Waals surface area contributed by atoms with Gasteiger partial charge in [0, 0.05) is 18.7 Å². The zero-order chi connectivity index (χ0) is 22.1. The van der Waals surface area contributed by atoms with Crippen LogP contribution >= 0.6 is 0 Å². The van der Waals surface area contributed by atoms with Gasteiger partial charge in [-0.2, -0.15) is 5.10 Å². The molecule has 0 aliphatic rings. The SMILES string of the molecule is Cc1cccc(NC(=O)CCn2c(C)nc3c(cnn3-c3ccc(F)cc3)c2=O)c1C. The van der Waals surface area contributed by atoms with Crippen LogP contribution in [0.15, 0.2) is 53.5 Å². The Kier molecular flexibility index (Phi) is 5.37. The fraction of sp³-hybridized carbons (Fsp3) is 0.217. The van der Waals surface area contributed by atoms with E-state index in [4.69, 9.17) is 0 Å². The Bertz CT molecular complexity index is 1340. The van der Waals surface area contributed by atoms with Crippen molar-refractivity contribution in [3.8, 4) is 5.69 Å². The minimum absolute atomic E-state index is 0.132. The molecule has 0 fully saturated rings. The molecule has 0 aliphatic carbocycles. The second-order valence-corrected chi connectivity index (χ2v) is 7.43. The standard InChI is InChI=1S/C23H22FN5O2/c1-14-5-4-6-20(15(14)2)27-21(30)11-12-28-16(3)26-22-19(23(28)31)13-25-29(22)18-9-7-17(24)8-10-18/h4-10,13H,11-12H2,1-3H3,(H,27,30). The zero-order valence-corrected chi connectivity index (χ0v) is 17.5. The molecule has 0 bridgehead atoms. The van der Waals surface area contributed by atoms with E-state index in [2.05, 4.69) is 15.4 Å². The maximum atomic E-state index is 13.2. The van der Waals surface area contributed by atoms with Crippen molar-refractivity contribution in [1.29, 1.82) is 0 Å². The largest absolute Gasteiger partial charge is 0.326 e. The second kappa shape index (κ2) is 8.14. The molecule has 1 amide bonds. The van der Waals surface area contributed by atoms with Gasteiger partial charge in [0.2, 0.25) is 5.91 Å². The molecular weight excluding hydrogens is 397 g/mol. The van der Waals surface area contributed by atoms with Gasteiger partial charge in [-0.3, -0.25) is 14.2 Å². The number of nitrogens with zero attached hydrogens (tertiary/aromatic N) is 4. The minimum atomic E-state index is -0.356. The van der Waals surface area contributed by atoms with Gasteiger partial charge in [-0.05, 0) is 62.2 Å². The van der Waals surface area contributed by atoms with Gasteiger partial charge < -0.3 is 5.32 Å². The summed E-state index contributed by atoms with van der Waals surface area (Å²) >= 11 is 0. The number of rotatable bonds is 5. The molecule has 4 aromatic rings. The van der Waals surface area contributed by atoms with Gasteiger partial charge in [0.05, 0.1) is 11.9 Å². The smallest absolute Gasteiger partial charge is 0.264 e. The van der Waals surface area contributed by atoms with Crippen LogP contribution in [0.5, 0.6) is 0 Å². The number of aromatic nitrogens is 4. The molecule has 2 heterocycles. The maximum absolute atomic E-state index is 13.2. The van der Waals surface area contributed by atoms with Gasteiger partial charge in [-0.25, -0.2) is 14.1 Å². The summed E-state index contributed by atoms with van der Waals surface area (Å²) in [6, 6.07) is 11.5. The van der Waals surface area contributed by atoms with Gasteiger partial charge in [0.1, 0.15) is 17.0 Å². The predicted molar refractivity (Wildman–Crippen MR) is 117 cm³/mol. The summed E-state index contributed by atoms with van der Waals surface area (Å²) in [6.07, 6.45) is 1.58. The number of carbonyl (C=O) groups is 1.